The van der Waals surface area contributed by atoms with Crippen molar-refractivity contribution in [1.82, 2.24) is 9.97 Å². The average Bonchev–Trinajstić information content (AvgIpc) is 3.01. The lowest BCUT2D eigenvalue weighted by atomic mass is 10.0. The van der Waals surface area contributed by atoms with Crippen LogP contribution in [0.15, 0.2) is 36.7 Å². The summed E-state index contributed by atoms with van der Waals surface area (Å²) in [5.74, 6) is 0.954. The van der Waals surface area contributed by atoms with Gasteiger partial charge in [-0.25, -0.2) is 4.98 Å². The zero-order valence-corrected chi connectivity index (χ0v) is 9.43. The van der Waals surface area contributed by atoms with E-state index in [0.29, 0.717) is 13.2 Å². The molecule has 1 N–H and O–H groups in total. The highest BCUT2D eigenvalue weighted by molar-refractivity contribution is 5.30. The normalized spacial score (nSPS) is 16.5. The van der Waals surface area contributed by atoms with Gasteiger partial charge in [-0.1, -0.05) is 24.3 Å². The monoisotopic (exact) mass is 230 g/mol. The highest BCUT2D eigenvalue weighted by Gasteiger charge is 2.21. The quantitative estimate of drug-likeness (QED) is 0.877. The molecule has 3 rings (SSSR count). The number of imidazole rings is 1. The van der Waals surface area contributed by atoms with Gasteiger partial charge in [-0.05, 0) is 5.56 Å². The van der Waals surface area contributed by atoms with E-state index in [0.717, 1.165) is 17.8 Å². The van der Waals surface area contributed by atoms with Crippen LogP contribution in [0.3, 0.4) is 0 Å². The van der Waals surface area contributed by atoms with Gasteiger partial charge < -0.3 is 14.5 Å². The summed E-state index contributed by atoms with van der Waals surface area (Å²) in [6, 6.07) is 8.17. The Labute approximate surface area is 99.6 Å². The lowest BCUT2D eigenvalue weighted by molar-refractivity contribution is -0.0446. The summed E-state index contributed by atoms with van der Waals surface area (Å²) in [5, 5.41) is 0. The Bertz CT molecular complexity index is 476. The molecule has 0 amide bonds. The van der Waals surface area contributed by atoms with Gasteiger partial charge in [0.2, 0.25) is 0 Å². The molecule has 0 bridgehead atoms. The summed E-state index contributed by atoms with van der Waals surface area (Å²) < 4.78 is 11.1. The SMILES string of the molecule is c1ccc(C2OCCO2)c(Cc2ncc[nH]2)c1. The summed E-state index contributed by atoms with van der Waals surface area (Å²) in [7, 11) is 0. The molecule has 1 aromatic heterocycles. The van der Waals surface area contributed by atoms with Gasteiger partial charge in [-0.3, -0.25) is 0 Å². The van der Waals surface area contributed by atoms with Crippen LogP contribution in [-0.2, 0) is 15.9 Å². The Balaban J connectivity index is 1.87. The highest BCUT2D eigenvalue weighted by atomic mass is 16.7. The Kier molecular flexibility index (Phi) is 2.90. The first-order valence-corrected chi connectivity index (χ1v) is 5.73. The third-order valence-electron chi connectivity index (χ3n) is 2.84. The number of hydrogen-bond acceptors (Lipinski definition) is 3. The number of ether oxygens (including phenoxy) is 2. The molecule has 17 heavy (non-hydrogen) atoms. The van der Waals surface area contributed by atoms with Crippen molar-refractivity contribution in [3.05, 3.63) is 53.6 Å². The Hall–Kier alpha value is -1.65. The maximum Gasteiger partial charge on any atom is 0.184 e. The van der Waals surface area contributed by atoms with Crippen LogP contribution in [-0.4, -0.2) is 23.2 Å². The van der Waals surface area contributed by atoms with Crippen LogP contribution in [0.5, 0.6) is 0 Å². The molecule has 88 valence electrons. The van der Waals surface area contributed by atoms with E-state index in [1.165, 1.54) is 5.56 Å². The van der Waals surface area contributed by atoms with E-state index in [9.17, 15) is 0 Å². The topological polar surface area (TPSA) is 47.1 Å². The number of H-pyrrole nitrogens is 1. The minimum Gasteiger partial charge on any atom is -0.348 e. The smallest absolute Gasteiger partial charge is 0.184 e. The van der Waals surface area contributed by atoms with Crippen molar-refractivity contribution < 1.29 is 9.47 Å². The number of nitrogens with one attached hydrogen (secondary N) is 1. The van der Waals surface area contributed by atoms with E-state index in [2.05, 4.69) is 16.0 Å². The van der Waals surface area contributed by atoms with Crippen molar-refractivity contribution >= 4 is 0 Å². The van der Waals surface area contributed by atoms with E-state index in [1.807, 2.05) is 24.4 Å². The van der Waals surface area contributed by atoms with Crippen molar-refractivity contribution in [2.45, 2.75) is 12.7 Å². The van der Waals surface area contributed by atoms with Gasteiger partial charge >= 0.3 is 0 Å². The number of nitrogens with zero attached hydrogens (tertiary/aromatic N) is 1. The molecule has 0 radical (unpaired) electrons. The number of aromatic nitrogens is 2. The van der Waals surface area contributed by atoms with Crippen molar-refractivity contribution in [3.63, 3.8) is 0 Å². The van der Waals surface area contributed by atoms with E-state index >= 15 is 0 Å². The molecular weight excluding hydrogens is 216 g/mol. The third-order valence-corrected chi connectivity index (χ3v) is 2.84. The van der Waals surface area contributed by atoms with E-state index in [4.69, 9.17) is 9.47 Å². The van der Waals surface area contributed by atoms with Gasteiger partial charge in [0.15, 0.2) is 6.29 Å². The van der Waals surface area contributed by atoms with Gasteiger partial charge in [0.1, 0.15) is 5.82 Å². The predicted molar refractivity (Wildman–Crippen MR) is 62.5 cm³/mol. The average molecular weight is 230 g/mol. The molecule has 0 unspecified atom stereocenters. The van der Waals surface area contributed by atoms with Crippen molar-refractivity contribution in [2.75, 3.05) is 13.2 Å². The first-order chi connectivity index (χ1) is 8.43. The largest absolute Gasteiger partial charge is 0.348 e. The fourth-order valence-corrected chi connectivity index (χ4v) is 2.04. The number of rotatable bonds is 3. The summed E-state index contributed by atoms with van der Waals surface area (Å²) in [5.41, 5.74) is 2.29. The standard InChI is InChI=1S/C13H14N2O2/c1-2-4-11(13-16-7-8-17-13)10(3-1)9-12-14-5-6-15-12/h1-6,13H,7-9H2,(H,14,15). The molecular formula is C13H14N2O2. The lowest BCUT2D eigenvalue weighted by Gasteiger charge is -2.13. The van der Waals surface area contributed by atoms with Crippen LogP contribution in [0.2, 0.25) is 0 Å². The fraction of sp³-hybridized carbons (Fsp3) is 0.308. The summed E-state index contributed by atoms with van der Waals surface area (Å²) in [6.45, 7) is 1.33. The van der Waals surface area contributed by atoms with Crippen molar-refractivity contribution in [1.29, 1.82) is 0 Å². The fourth-order valence-electron chi connectivity index (χ4n) is 2.04. The molecule has 4 nitrogen and oxygen atoms in total. The maximum atomic E-state index is 5.55. The van der Waals surface area contributed by atoms with Crippen LogP contribution in [0.4, 0.5) is 0 Å². The first-order valence-electron chi connectivity index (χ1n) is 5.73. The Morgan fingerprint density at radius 2 is 2.06 bits per heavy atom. The lowest BCUT2D eigenvalue weighted by Crippen LogP contribution is -2.04. The second-order valence-corrected chi connectivity index (χ2v) is 3.98. The van der Waals surface area contributed by atoms with Crippen LogP contribution in [0, 0.1) is 0 Å². The Morgan fingerprint density at radius 3 is 2.82 bits per heavy atom. The van der Waals surface area contributed by atoms with Crippen molar-refractivity contribution in [3.8, 4) is 0 Å². The van der Waals surface area contributed by atoms with Crippen LogP contribution < -0.4 is 0 Å². The zero-order valence-electron chi connectivity index (χ0n) is 9.43. The van der Waals surface area contributed by atoms with Crippen LogP contribution >= 0.6 is 0 Å². The molecule has 2 aromatic rings. The molecule has 2 heterocycles. The molecule has 0 atom stereocenters. The molecule has 1 aliphatic heterocycles. The number of benzene rings is 1. The van der Waals surface area contributed by atoms with E-state index in [-0.39, 0.29) is 6.29 Å². The van der Waals surface area contributed by atoms with E-state index in [1.54, 1.807) is 6.20 Å². The zero-order chi connectivity index (χ0) is 11.5. The van der Waals surface area contributed by atoms with E-state index < -0.39 is 0 Å². The molecule has 0 spiro atoms. The molecule has 4 heteroatoms. The van der Waals surface area contributed by atoms with Gasteiger partial charge in [-0.15, -0.1) is 0 Å². The molecule has 1 saturated heterocycles. The number of hydrogen-bond donors (Lipinski definition) is 1. The van der Waals surface area contributed by atoms with Gasteiger partial charge in [0.25, 0.3) is 0 Å². The molecule has 1 aromatic carbocycles. The Morgan fingerprint density at radius 1 is 1.24 bits per heavy atom. The minimum atomic E-state index is -0.221. The molecule has 1 fully saturated rings. The van der Waals surface area contributed by atoms with Gasteiger partial charge in [0, 0.05) is 24.4 Å². The summed E-state index contributed by atoms with van der Waals surface area (Å²) in [6.07, 6.45) is 4.15. The van der Waals surface area contributed by atoms with Gasteiger partial charge in [0.05, 0.1) is 13.2 Å². The maximum absolute atomic E-state index is 5.55. The summed E-state index contributed by atoms with van der Waals surface area (Å²) in [4.78, 5) is 7.35. The molecule has 0 aliphatic carbocycles. The van der Waals surface area contributed by atoms with Crippen molar-refractivity contribution in [2.24, 2.45) is 0 Å². The van der Waals surface area contributed by atoms with Crippen LogP contribution in [0.25, 0.3) is 0 Å². The van der Waals surface area contributed by atoms with Crippen LogP contribution in [0.1, 0.15) is 23.2 Å². The summed E-state index contributed by atoms with van der Waals surface area (Å²) >= 11 is 0. The second kappa shape index (κ2) is 4.69. The minimum absolute atomic E-state index is 0.221. The highest BCUT2D eigenvalue weighted by Crippen LogP contribution is 2.27. The first kappa shape index (κ1) is 10.5. The molecule has 0 saturated carbocycles. The second-order valence-electron chi connectivity index (χ2n) is 3.98. The number of aromatic amines is 1. The predicted octanol–water partition coefficient (Wildman–Crippen LogP) is 2.05. The van der Waals surface area contributed by atoms with Gasteiger partial charge in [-0.2, -0.15) is 0 Å². The molecule has 1 aliphatic rings. The third kappa shape index (κ3) is 2.23.